The molecule has 1 N–H and O–H groups in total. The number of nitrogens with one attached hydrogen (secondary N) is 1. The zero-order valence-electron chi connectivity index (χ0n) is 10.7. The first kappa shape index (κ1) is 13.4. The monoisotopic (exact) mass is 281 g/mol. The van der Waals surface area contributed by atoms with Crippen molar-refractivity contribution >= 4 is 15.7 Å². The van der Waals surface area contributed by atoms with Crippen molar-refractivity contribution in [2.24, 2.45) is 0 Å². The maximum Gasteiger partial charge on any atom is 0.265 e. The maximum atomic E-state index is 12.1. The van der Waals surface area contributed by atoms with E-state index in [1.54, 1.807) is 36.1 Å². The van der Waals surface area contributed by atoms with Gasteiger partial charge in [-0.2, -0.15) is 5.10 Å². The number of benzene rings is 1. The number of sulfonamides is 1. The van der Waals surface area contributed by atoms with Crippen LogP contribution in [-0.2, 0) is 16.6 Å². The molecule has 7 heteroatoms. The van der Waals surface area contributed by atoms with Crippen LogP contribution in [0.3, 0.4) is 0 Å². The van der Waals surface area contributed by atoms with E-state index in [2.05, 4.69) is 9.82 Å². The van der Waals surface area contributed by atoms with Crippen LogP contribution < -0.4 is 9.46 Å². The van der Waals surface area contributed by atoms with E-state index in [0.717, 1.165) is 0 Å². The Morgan fingerprint density at radius 3 is 2.53 bits per heavy atom. The van der Waals surface area contributed by atoms with E-state index in [1.165, 1.54) is 12.4 Å². The largest absolute Gasteiger partial charge is 0.497 e. The second-order valence-electron chi connectivity index (χ2n) is 3.87. The van der Waals surface area contributed by atoms with Crippen molar-refractivity contribution in [2.75, 3.05) is 11.8 Å². The predicted octanol–water partition coefficient (Wildman–Crippen LogP) is 1.71. The summed E-state index contributed by atoms with van der Waals surface area (Å²) in [6, 6.07) is 6.65. The molecule has 0 spiro atoms. The molecule has 0 saturated heterocycles. The fourth-order valence-electron chi connectivity index (χ4n) is 1.53. The van der Waals surface area contributed by atoms with Gasteiger partial charge in [0.1, 0.15) is 10.6 Å². The third kappa shape index (κ3) is 3.05. The molecule has 0 unspecified atom stereocenters. The van der Waals surface area contributed by atoms with Gasteiger partial charge in [-0.15, -0.1) is 0 Å². The maximum absolute atomic E-state index is 12.1. The van der Waals surface area contributed by atoms with Crippen molar-refractivity contribution in [2.45, 2.75) is 18.4 Å². The van der Waals surface area contributed by atoms with E-state index in [1.807, 2.05) is 6.92 Å². The van der Waals surface area contributed by atoms with E-state index in [4.69, 9.17) is 4.74 Å². The van der Waals surface area contributed by atoms with Crippen LogP contribution in [0.5, 0.6) is 5.75 Å². The molecule has 0 aliphatic carbocycles. The van der Waals surface area contributed by atoms with Gasteiger partial charge in [0.25, 0.3) is 10.0 Å². The number of anilines is 1. The molecule has 0 fully saturated rings. The summed E-state index contributed by atoms with van der Waals surface area (Å²) in [5, 5.41) is 3.95. The minimum atomic E-state index is -3.60. The van der Waals surface area contributed by atoms with Crippen LogP contribution in [0.15, 0.2) is 41.6 Å². The lowest BCUT2D eigenvalue weighted by molar-refractivity contribution is 0.415. The van der Waals surface area contributed by atoms with Crippen molar-refractivity contribution in [1.29, 1.82) is 0 Å². The standard InChI is InChI=1S/C12H15N3O3S/c1-3-15-9-12(8-13-15)19(16,17)14-10-4-6-11(18-2)7-5-10/h4-9,14H,3H2,1-2H3. The Morgan fingerprint density at radius 2 is 2.00 bits per heavy atom. The lowest BCUT2D eigenvalue weighted by Crippen LogP contribution is -2.12. The lowest BCUT2D eigenvalue weighted by Gasteiger charge is -2.06. The second-order valence-corrected chi connectivity index (χ2v) is 5.55. The van der Waals surface area contributed by atoms with Gasteiger partial charge in [0.05, 0.1) is 13.3 Å². The number of hydrogen-bond donors (Lipinski definition) is 1. The number of rotatable bonds is 5. The van der Waals surface area contributed by atoms with E-state index in [-0.39, 0.29) is 4.90 Å². The fourth-order valence-corrected chi connectivity index (χ4v) is 2.54. The molecule has 0 amide bonds. The van der Waals surface area contributed by atoms with Crippen LogP contribution >= 0.6 is 0 Å². The van der Waals surface area contributed by atoms with E-state index < -0.39 is 10.0 Å². The highest BCUT2D eigenvalue weighted by molar-refractivity contribution is 7.92. The summed E-state index contributed by atoms with van der Waals surface area (Å²) in [6.07, 6.45) is 2.82. The van der Waals surface area contributed by atoms with Gasteiger partial charge in [0.15, 0.2) is 0 Å². The number of aryl methyl sites for hydroxylation is 1. The van der Waals surface area contributed by atoms with Gasteiger partial charge < -0.3 is 4.74 Å². The molecule has 0 radical (unpaired) electrons. The zero-order valence-corrected chi connectivity index (χ0v) is 11.5. The van der Waals surface area contributed by atoms with Crippen molar-refractivity contribution < 1.29 is 13.2 Å². The molecule has 2 aromatic rings. The summed E-state index contributed by atoms with van der Waals surface area (Å²) < 4.78 is 33.2. The van der Waals surface area contributed by atoms with E-state index in [0.29, 0.717) is 18.0 Å². The van der Waals surface area contributed by atoms with Crippen LogP contribution in [0.4, 0.5) is 5.69 Å². The minimum Gasteiger partial charge on any atom is -0.497 e. The topological polar surface area (TPSA) is 73.2 Å². The average Bonchev–Trinajstić information content (AvgIpc) is 2.89. The van der Waals surface area contributed by atoms with Gasteiger partial charge in [0, 0.05) is 18.4 Å². The molecule has 0 aliphatic rings. The fraction of sp³-hybridized carbons (Fsp3) is 0.250. The lowest BCUT2D eigenvalue weighted by atomic mass is 10.3. The summed E-state index contributed by atoms with van der Waals surface area (Å²) in [7, 11) is -2.04. The summed E-state index contributed by atoms with van der Waals surface area (Å²) >= 11 is 0. The number of hydrogen-bond acceptors (Lipinski definition) is 4. The Morgan fingerprint density at radius 1 is 1.32 bits per heavy atom. The van der Waals surface area contributed by atoms with Gasteiger partial charge in [-0.05, 0) is 31.2 Å². The molecule has 2 rings (SSSR count). The van der Waals surface area contributed by atoms with Gasteiger partial charge >= 0.3 is 0 Å². The highest BCUT2D eigenvalue weighted by Gasteiger charge is 2.16. The first-order chi connectivity index (χ1) is 9.05. The van der Waals surface area contributed by atoms with Gasteiger partial charge in [-0.3, -0.25) is 9.40 Å². The molecule has 0 atom stereocenters. The van der Waals surface area contributed by atoms with Crippen LogP contribution in [0, 0.1) is 0 Å². The number of ether oxygens (including phenoxy) is 1. The van der Waals surface area contributed by atoms with E-state index in [9.17, 15) is 8.42 Å². The van der Waals surface area contributed by atoms with Gasteiger partial charge in [-0.25, -0.2) is 8.42 Å². The number of methoxy groups -OCH3 is 1. The summed E-state index contributed by atoms with van der Waals surface area (Å²) in [5.41, 5.74) is 0.477. The highest BCUT2D eigenvalue weighted by atomic mass is 32.2. The third-order valence-corrected chi connectivity index (χ3v) is 3.92. The van der Waals surface area contributed by atoms with Gasteiger partial charge in [0.2, 0.25) is 0 Å². The van der Waals surface area contributed by atoms with Crippen LogP contribution in [-0.4, -0.2) is 25.3 Å². The SMILES string of the molecule is CCn1cc(S(=O)(=O)Nc2ccc(OC)cc2)cn1. The average molecular weight is 281 g/mol. The number of aromatic nitrogens is 2. The molecular weight excluding hydrogens is 266 g/mol. The van der Waals surface area contributed by atoms with Crippen molar-refractivity contribution in [3.8, 4) is 5.75 Å². The van der Waals surface area contributed by atoms with Crippen LogP contribution in [0.1, 0.15) is 6.92 Å². The Balaban J connectivity index is 2.20. The molecule has 0 aliphatic heterocycles. The molecule has 6 nitrogen and oxygen atoms in total. The molecule has 1 heterocycles. The van der Waals surface area contributed by atoms with Crippen LogP contribution in [0.2, 0.25) is 0 Å². The molecule has 1 aromatic carbocycles. The Kier molecular flexibility index (Phi) is 3.75. The van der Waals surface area contributed by atoms with Crippen molar-refractivity contribution in [3.63, 3.8) is 0 Å². The van der Waals surface area contributed by atoms with E-state index >= 15 is 0 Å². The first-order valence-electron chi connectivity index (χ1n) is 5.74. The quantitative estimate of drug-likeness (QED) is 0.905. The smallest absolute Gasteiger partial charge is 0.265 e. The second kappa shape index (κ2) is 5.31. The molecule has 102 valence electrons. The summed E-state index contributed by atoms with van der Waals surface area (Å²) in [6.45, 7) is 2.51. The first-order valence-corrected chi connectivity index (χ1v) is 7.23. The third-order valence-electron chi connectivity index (χ3n) is 2.59. The Bertz CT molecular complexity index is 647. The summed E-state index contributed by atoms with van der Waals surface area (Å²) in [4.78, 5) is 0.144. The molecule has 0 saturated carbocycles. The molecule has 19 heavy (non-hydrogen) atoms. The predicted molar refractivity (Wildman–Crippen MR) is 71.7 cm³/mol. The molecular formula is C12H15N3O3S. The zero-order chi connectivity index (χ0) is 13.9. The normalized spacial score (nSPS) is 11.3. The minimum absolute atomic E-state index is 0.144. The molecule has 1 aromatic heterocycles. The summed E-state index contributed by atoms with van der Waals surface area (Å²) in [5.74, 6) is 0.668. The Labute approximate surface area is 112 Å². The van der Waals surface area contributed by atoms with Crippen molar-refractivity contribution in [3.05, 3.63) is 36.7 Å². The highest BCUT2D eigenvalue weighted by Crippen LogP contribution is 2.18. The van der Waals surface area contributed by atoms with Crippen molar-refractivity contribution in [1.82, 2.24) is 9.78 Å². The van der Waals surface area contributed by atoms with Gasteiger partial charge in [-0.1, -0.05) is 0 Å². The molecule has 0 bridgehead atoms. The Hall–Kier alpha value is -2.02. The number of nitrogens with zero attached hydrogens (tertiary/aromatic N) is 2. The van der Waals surface area contributed by atoms with Crippen LogP contribution in [0.25, 0.3) is 0 Å².